The van der Waals surface area contributed by atoms with Crippen molar-refractivity contribution in [2.45, 2.75) is 57.4 Å². The molecule has 0 atom stereocenters. The molecule has 0 aromatic heterocycles. The Hall–Kier alpha value is -0.960. The second-order valence-electron chi connectivity index (χ2n) is 6.08. The van der Waals surface area contributed by atoms with Gasteiger partial charge in [0.25, 0.3) is 0 Å². The van der Waals surface area contributed by atoms with Crippen LogP contribution in [0, 0.1) is 19.8 Å². The van der Waals surface area contributed by atoms with Crippen molar-refractivity contribution in [3.63, 3.8) is 0 Å². The van der Waals surface area contributed by atoms with Crippen LogP contribution >= 0.6 is 11.8 Å². The Morgan fingerprint density at radius 1 is 1.25 bits per heavy atom. The van der Waals surface area contributed by atoms with Gasteiger partial charge in [0.2, 0.25) is 5.91 Å². The molecule has 1 fully saturated rings. The lowest BCUT2D eigenvalue weighted by atomic mass is 9.87. The highest BCUT2D eigenvalue weighted by molar-refractivity contribution is 8.00. The Bertz CT molecular complexity index is 464. The maximum atomic E-state index is 12.0. The standard InChI is InChI=1S/C17H25NOS/c1-12-5-8-15(9-6-12)18-17(19)11-20-16-10-13(2)4-7-14(16)3/h4,7,10,12,15H,5-6,8-9,11H2,1-3H3,(H,18,19). The molecule has 1 saturated carbocycles. The first kappa shape index (κ1) is 15.4. The van der Waals surface area contributed by atoms with Crippen LogP contribution in [0.4, 0.5) is 0 Å². The smallest absolute Gasteiger partial charge is 0.230 e. The molecule has 3 heteroatoms. The average molecular weight is 291 g/mol. The van der Waals surface area contributed by atoms with Gasteiger partial charge in [0, 0.05) is 10.9 Å². The van der Waals surface area contributed by atoms with E-state index in [0.29, 0.717) is 11.8 Å². The molecule has 1 aliphatic carbocycles. The summed E-state index contributed by atoms with van der Waals surface area (Å²) in [6, 6.07) is 6.80. The number of benzene rings is 1. The molecule has 0 spiro atoms. The molecule has 0 bridgehead atoms. The molecule has 0 unspecified atom stereocenters. The topological polar surface area (TPSA) is 29.1 Å². The van der Waals surface area contributed by atoms with Gasteiger partial charge in [-0.15, -0.1) is 11.8 Å². The number of aryl methyl sites for hydroxylation is 2. The summed E-state index contributed by atoms with van der Waals surface area (Å²) < 4.78 is 0. The van der Waals surface area contributed by atoms with Gasteiger partial charge in [-0.05, 0) is 57.1 Å². The molecule has 1 aromatic carbocycles. The fraction of sp³-hybridized carbons (Fsp3) is 0.588. The Balaban J connectivity index is 1.79. The first-order valence-corrected chi connectivity index (χ1v) is 8.52. The maximum absolute atomic E-state index is 12.0. The van der Waals surface area contributed by atoms with Gasteiger partial charge < -0.3 is 5.32 Å². The van der Waals surface area contributed by atoms with E-state index in [1.165, 1.54) is 28.9 Å². The molecule has 1 aromatic rings. The van der Waals surface area contributed by atoms with Gasteiger partial charge in [-0.3, -0.25) is 4.79 Å². The van der Waals surface area contributed by atoms with E-state index in [4.69, 9.17) is 0 Å². The third-order valence-electron chi connectivity index (χ3n) is 4.08. The van der Waals surface area contributed by atoms with Crippen LogP contribution in [-0.2, 0) is 4.79 Å². The molecule has 1 amide bonds. The van der Waals surface area contributed by atoms with Gasteiger partial charge in [-0.25, -0.2) is 0 Å². The lowest BCUT2D eigenvalue weighted by Gasteiger charge is -2.26. The van der Waals surface area contributed by atoms with Gasteiger partial charge in [-0.2, -0.15) is 0 Å². The lowest BCUT2D eigenvalue weighted by molar-refractivity contribution is -0.119. The molecule has 1 N–H and O–H groups in total. The highest BCUT2D eigenvalue weighted by Gasteiger charge is 2.19. The van der Waals surface area contributed by atoms with Crippen molar-refractivity contribution < 1.29 is 4.79 Å². The van der Waals surface area contributed by atoms with Gasteiger partial charge >= 0.3 is 0 Å². The van der Waals surface area contributed by atoms with E-state index in [1.54, 1.807) is 11.8 Å². The molecular weight excluding hydrogens is 266 g/mol. The lowest BCUT2D eigenvalue weighted by Crippen LogP contribution is -2.38. The van der Waals surface area contributed by atoms with E-state index >= 15 is 0 Å². The Morgan fingerprint density at radius 3 is 2.65 bits per heavy atom. The summed E-state index contributed by atoms with van der Waals surface area (Å²) in [6.45, 7) is 6.49. The van der Waals surface area contributed by atoms with Gasteiger partial charge in [0.1, 0.15) is 0 Å². The zero-order valence-corrected chi connectivity index (χ0v) is 13.6. The molecule has 0 saturated heterocycles. The first-order valence-electron chi connectivity index (χ1n) is 7.54. The summed E-state index contributed by atoms with van der Waals surface area (Å²) in [5, 5.41) is 3.18. The van der Waals surface area contributed by atoms with E-state index in [2.05, 4.69) is 44.3 Å². The zero-order valence-electron chi connectivity index (χ0n) is 12.7. The van der Waals surface area contributed by atoms with E-state index in [9.17, 15) is 4.79 Å². The summed E-state index contributed by atoms with van der Waals surface area (Å²) in [7, 11) is 0. The zero-order chi connectivity index (χ0) is 14.5. The molecule has 110 valence electrons. The maximum Gasteiger partial charge on any atom is 0.230 e. The first-order chi connectivity index (χ1) is 9.54. The summed E-state index contributed by atoms with van der Waals surface area (Å²) in [5.41, 5.74) is 2.50. The number of carbonyl (C=O) groups excluding carboxylic acids is 1. The molecule has 2 rings (SSSR count). The van der Waals surface area contributed by atoms with Crippen molar-refractivity contribution in [1.82, 2.24) is 5.32 Å². The number of amides is 1. The van der Waals surface area contributed by atoms with Crippen molar-refractivity contribution in [1.29, 1.82) is 0 Å². The minimum Gasteiger partial charge on any atom is -0.353 e. The van der Waals surface area contributed by atoms with Crippen LogP contribution in [0.15, 0.2) is 23.1 Å². The molecule has 0 heterocycles. The number of carbonyl (C=O) groups is 1. The van der Waals surface area contributed by atoms with E-state index in [-0.39, 0.29) is 5.91 Å². The summed E-state index contributed by atoms with van der Waals surface area (Å²) >= 11 is 1.65. The number of nitrogens with one attached hydrogen (secondary N) is 1. The van der Waals surface area contributed by atoms with E-state index in [0.717, 1.165) is 18.8 Å². The molecule has 0 radical (unpaired) electrons. The molecule has 20 heavy (non-hydrogen) atoms. The average Bonchev–Trinajstić information content (AvgIpc) is 2.42. The fourth-order valence-electron chi connectivity index (χ4n) is 2.68. The van der Waals surface area contributed by atoms with E-state index in [1.807, 2.05) is 0 Å². The second-order valence-corrected chi connectivity index (χ2v) is 7.10. The van der Waals surface area contributed by atoms with Crippen molar-refractivity contribution >= 4 is 17.7 Å². The summed E-state index contributed by atoms with van der Waals surface area (Å²) in [4.78, 5) is 13.3. The fourth-order valence-corrected chi connectivity index (χ4v) is 3.61. The Labute approximate surface area is 126 Å². The van der Waals surface area contributed by atoms with Crippen molar-refractivity contribution in [2.24, 2.45) is 5.92 Å². The monoisotopic (exact) mass is 291 g/mol. The minimum atomic E-state index is 0.176. The van der Waals surface area contributed by atoms with Crippen LogP contribution in [0.2, 0.25) is 0 Å². The van der Waals surface area contributed by atoms with Crippen LogP contribution in [-0.4, -0.2) is 17.7 Å². The number of rotatable bonds is 4. The van der Waals surface area contributed by atoms with Crippen LogP contribution < -0.4 is 5.32 Å². The van der Waals surface area contributed by atoms with Crippen molar-refractivity contribution in [2.75, 3.05) is 5.75 Å². The second kappa shape index (κ2) is 7.16. The highest BCUT2D eigenvalue weighted by Crippen LogP contribution is 2.25. The largest absolute Gasteiger partial charge is 0.353 e. The predicted molar refractivity (Wildman–Crippen MR) is 86.2 cm³/mol. The predicted octanol–water partition coefficient (Wildman–Crippen LogP) is 4.09. The number of thioether (sulfide) groups is 1. The molecule has 1 aliphatic rings. The van der Waals surface area contributed by atoms with Gasteiger partial charge in [0.15, 0.2) is 0 Å². The van der Waals surface area contributed by atoms with Crippen molar-refractivity contribution in [3.05, 3.63) is 29.3 Å². The Morgan fingerprint density at radius 2 is 1.95 bits per heavy atom. The SMILES string of the molecule is Cc1ccc(C)c(SCC(=O)NC2CCC(C)CC2)c1. The Kier molecular flexibility index (Phi) is 5.53. The summed E-state index contributed by atoms with van der Waals surface area (Å²) in [6.07, 6.45) is 4.77. The molecule has 0 aliphatic heterocycles. The van der Waals surface area contributed by atoms with Gasteiger partial charge in [0.05, 0.1) is 5.75 Å². The quantitative estimate of drug-likeness (QED) is 0.847. The van der Waals surface area contributed by atoms with Crippen LogP contribution in [0.3, 0.4) is 0 Å². The third-order valence-corrected chi connectivity index (χ3v) is 5.24. The normalized spacial score (nSPS) is 22.6. The van der Waals surface area contributed by atoms with Crippen molar-refractivity contribution in [3.8, 4) is 0 Å². The highest BCUT2D eigenvalue weighted by atomic mass is 32.2. The van der Waals surface area contributed by atoms with Gasteiger partial charge in [-0.1, -0.05) is 24.6 Å². The van der Waals surface area contributed by atoms with E-state index < -0.39 is 0 Å². The number of hydrogen-bond donors (Lipinski definition) is 1. The molecular formula is C17H25NOS. The third kappa shape index (κ3) is 4.55. The van der Waals surface area contributed by atoms with Crippen LogP contribution in [0.1, 0.15) is 43.7 Å². The minimum absolute atomic E-state index is 0.176. The summed E-state index contributed by atoms with van der Waals surface area (Å²) in [5.74, 6) is 1.53. The molecule has 2 nitrogen and oxygen atoms in total. The van der Waals surface area contributed by atoms with Crippen LogP contribution in [0.25, 0.3) is 0 Å². The number of hydrogen-bond acceptors (Lipinski definition) is 2. The van der Waals surface area contributed by atoms with Crippen LogP contribution in [0.5, 0.6) is 0 Å².